The van der Waals surface area contributed by atoms with E-state index in [1.165, 1.54) is 39.0 Å². The number of imidazole rings is 1. The lowest BCUT2D eigenvalue weighted by molar-refractivity contribution is 0.136. The summed E-state index contributed by atoms with van der Waals surface area (Å²) in [5.74, 6) is 0.904. The fraction of sp³-hybridized carbons (Fsp3) is 0.650. The van der Waals surface area contributed by atoms with Crippen molar-refractivity contribution in [1.29, 1.82) is 0 Å². The number of benzene rings is 1. The molecule has 2 fully saturated rings. The number of piperidine rings is 2. The molecule has 0 spiro atoms. The van der Waals surface area contributed by atoms with E-state index in [1.54, 1.807) is 0 Å². The van der Waals surface area contributed by atoms with Gasteiger partial charge < -0.3 is 14.8 Å². The predicted molar refractivity (Wildman–Crippen MR) is 102 cm³/mol. The van der Waals surface area contributed by atoms with E-state index in [1.807, 2.05) is 22.8 Å². The van der Waals surface area contributed by atoms with Gasteiger partial charge in [-0.2, -0.15) is 0 Å². The van der Waals surface area contributed by atoms with Crippen molar-refractivity contribution in [3.63, 3.8) is 0 Å². The number of hydrogen-bond donors (Lipinski definition) is 1. The zero-order valence-corrected chi connectivity index (χ0v) is 15.3. The Balaban J connectivity index is 1.32. The van der Waals surface area contributed by atoms with Crippen molar-refractivity contribution < 1.29 is 0 Å². The number of nitrogens with one attached hydrogen (secondary N) is 1. The number of hydrogen-bond acceptors (Lipinski definition) is 3. The normalized spacial score (nSPS) is 22.0. The minimum absolute atomic E-state index is 0.0436. The number of H-pyrrole nitrogens is 1. The molecule has 0 unspecified atom stereocenters. The second kappa shape index (κ2) is 7.34. The second-order valence-electron chi connectivity index (χ2n) is 7.91. The Kier molecular flexibility index (Phi) is 4.95. The molecule has 0 atom stereocenters. The minimum Gasteiger partial charge on any atom is -0.306 e. The molecule has 0 aliphatic carbocycles. The van der Waals surface area contributed by atoms with Gasteiger partial charge in [0.15, 0.2) is 0 Å². The van der Waals surface area contributed by atoms with E-state index in [9.17, 15) is 4.79 Å². The van der Waals surface area contributed by atoms with Crippen LogP contribution in [-0.2, 0) is 0 Å². The Hall–Kier alpha value is -1.59. The molecule has 136 valence electrons. The minimum atomic E-state index is 0.0436. The number of para-hydroxylation sites is 2. The van der Waals surface area contributed by atoms with Gasteiger partial charge in [-0.3, -0.25) is 4.57 Å². The number of nitrogens with zero attached hydrogens (tertiary/aromatic N) is 3. The first-order valence-corrected chi connectivity index (χ1v) is 9.84. The number of fused-ring (bicyclic) bond motifs is 1. The van der Waals surface area contributed by atoms with E-state index in [4.69, 9.17) is 0 Å². The molecule has 5 heteroatoms. The van der Waals surface area contributed by atoms with Gasteiger partial charge in [0.2, 0.25) is 0 Å². The van der Waals surface area contributed by atoms with E-state index in [0.29, 0.717) is 6.04 Å². The quantitative estimate of drug-likeness (QED) is 0.929. The summed E-state index contributed by atoms with van der Waals surface area (Å²) in [6, 6.07) is 8.36. The van der Waals surface area contributed by atoms with Crippen LogP contribution >= 0.6 is 0 Å². The second-order valence-corrected chi connectivity index (χ2v) is 7.91. The summed E-state index contributed by atoms with van der Waals surface area (Å²) >= 11 is 0. The monoisotopic (exact) mass is 342 g/mol. The Morgan fingerprint density at radius 1 is 0.960 bits per heavy atom. The first kappa shape index (κ1) is 16.9. The van der Waals surface area contributed by atoms with E-state index < -0.39 is 0 Å². The third-order valence-electron chi connectivity index (χ3n) is 6.15. The Morgan fingerprint density at radius 3 is 2.24 bits per heavy atom. The van der Waals surface area contributed by atoms with E-state index in [-0.39, 0.29) is 5.69 Å². The van der Waals surface area contributed by atoms with Crippen LogP contribution in [0, 0.1) is 5.92 Å². The van der Waals surface area contributed by atoms with Gasteiger partial charge >= 0.3 is 5.69 Å². The summed E-state index contributed by atoms with van der Waals surface area (Å²) in [5.41, 5.74) is 2.05. The maximum Gasteiger partial charge on any atom is 0.326 e. The highest BCUT2D eigenvalue weighted by Crippen LogP contribution is 2.25. The van der Waals surface area contributed by atoms with Crippen LogP contribution in [0.1, 0.15) is 38.6 Å². The Bertz CT molecular complexity index is 748. The average Bonchev–Trinajstić information content (AvgIpc) is 2.97. The highest BCUT2D eigenvalue weighted by atomic mass is 16.1. The molecule has 2 aliphatic heterocycles. The van der Waals surface area contributed by atoms with Crippen molar-refractivity contribution >= 4 is 11.0 Å². The molecule has 0 bridgehead atoms. The molecule has 2 saturated heterocycles. The van der Waals surface area contributed by atoms with Crippen molar-refractivity contribution in [3.05, 3.63) is 34.7 Å². The van der Waals surface area contributed by atoms with Gasteiger partial charge in [0.25, 0.3) is 0 Å². The van der Waals surface area contributed by atoms with E-state index in [0.717, 1.165) is 42.9 Å². The van der Waals surface area contributed by atoms with Crippen molar-refractivity contribution in [2.24, 2.45) is 5.92 Å². The maximum atomic E-state index is 12.4. The Labute approximate surface area is 149 Å². The van der Waals surface area contributed by atoms with Gasteiger partial charge in [-0.25, -0.2) is 4.79 Å². The third-order valence-corrected chi connectivity index (χ3v) is 6.15. The molecule has 25 heavy (non-hydrogen) atoms. The van der Waals surface area contributed by atoms with Gasteiger partial charge in [-0.05, 0) is 56.8 Å². The summed E-state index contributed by atoms with van der Waals surface area (Å²) in [6.45, 7) is 9.47. The third kappa shape index (κ3) is 3.67. The average molecular weight is 342 g/mol. The van der Waals surface area contributed by atoms with Crippen LogP contribution in [0.2, 0.25) is 0 Å². The first-order chi connectivity index (χ1) is 12.2. The van der Waals surface area contributed by atoms with E-state index in [2.05, 4.69) is 27.8 Å². The SMILES string of the molecule is CC1CCN(CCN2CCC(n3c(=O)[nH]c4ccccc43)CC2)CC1. The number of likely N-dealkylation sites (tertiary alicyclic amines) is 2. The highest BCUT2D eigenvalue weighted by molar-refractivity contribution is 5.75. The summed E-state index contributed by atoms with van der Waals surface area (Å²) < 4.78 is 1.98. The zero-order chi connectivity index (χ0) is 17.2. The van der Waals surface area contributed by atoms with Crippen LogP contribution in [-0.4, -0.2) is 58.6 Å². The van der Waals surface area contributed by atoms with Gasteiger partial charge in [0, 0.05) is 32.2 Å². The molecule has 2 aromatic rings. The highest BCUT2D eigenvalue weighted by Gasteiger charge is 2.24. The standard InChI is InChI=1S/C20H30N4O/c1-16-6-10-22(11-7-16)14-15-23-12-8-17(9-13-23)24-19-5-3-2-4-18(19)21-20(24)25/h2-5,16-17H,6-15H2,1H3,(H,21,25). The molecule has 3 heterocycles. The van der Waals surface area contributed by atoms with Crippen LogP contribution in [0.4, 0.5) is 0 Å². The molecule has 1 N–H and O–H groups in total. The smallest absolute Gasteiger partial charge is 0.306 e. The summed E-state index contributed by atoms with van der Waals surface area (Å²) in [6.07, 6.45) is 4.84. The van der Waals surface area contributed by atoms with Gasteiger partial charge in [-0.15, -0.1) is 0 Å². The molecule has 4 rings (SSSR count). The zero-order valence-electron chi connectivity index (χ0n) is 15.3. The molecular weight excluding hydrogens is 312 g/mol. The van der Waals surface area contributed by atoms with Gasteiger partial charge in [0.1, 0.15) is 0 Å². The lowest BCUT2D eigenvalue weighted by Crippen LogP contribution is -2.43. The lowest BCUT2D eigenvalue weighted by atomic mass is 9.99. The van der Waals surface area contributed by atoms with Crippen molar-refractivity contribution in [2.45, 2.75) is 38.6 Å². The molecular formula is C20H30N4O. The predicted octanol–water partition coefficient (Wildman–Crippen LogP) is 2.70. The number of aromatic amines is 1. The molecule has 0 amide bonds. The molecule has 5 nitrogen and oxygen atoms in total. The first-order valence-electron chi connectivity index (χ1n) is 9.84. The molecule has 0 saturated carbocycles. The summed E-state index contributed by atoms with van der Waals surface area (Å²) in [5, 5.41) is 0. The topological polar surface area (TPSA) is 44.3 Å². The number of rotatable bonds is 4. The molecule has 1 aromatic heterocycles. The van der Waals surface area contributed by atoms with Crippen molar-refractivity contribution in [2.75, 3.05) is 39.3 Å². The van der Waals surface area contributed by atoms with Crippen LogP contribution in [0.3, 0.4) is 0 Å². The fourth-order valence-corrected chi connectivity index (χ4v) is 4.41. The summed E-state index contributed by atoms with van der Waals surface area (Å²) in [7, 11) is 0. The van der Waals surface area contributed by atoms with E-state index >= 15 is 0 Å². The van der Waals surface area contributed by atoms with Crippen LogP contribution in [0.5, 0.6) is 0 Å². The van der Waals surface area contributed by atoms with Gasteiger partial charge in [-0.1, -0.05) is 19.1 Å². The van der Waals surface area contributed by atoms with Crippen molar-refractivity contribution in [3.8, 4) is 0 Å². The van der Waals surface area contributed by atoms with Crippen LogP contribution < -0.4 is 5.69 Å². The largest absolute Gasteiger partial charge is 0.326 e. The maximum absolute atomic E-state index is 12.4. The summed E-state index contributed by atoms with van der Waals surface area (Å²) in [4.78, 5) is 20.6. The van der Waals surface area contributed by atoms with Gasteiger partial charge in [0.05, 0.1) is 11.0 Å². The molecule has 0 radical (unpaired) electrons. The van der Waals surface area contributed by atoms with Crippen molar-refractivity contribution in [1.82, 2.24) is 19.4 Å². The molecule has 2 aliphatic rings. The molecule has 1 aromatic carbocycles. The Morgan fingerprint density at radius 2 is 1.56 bits per heavy atom. The van der Waals surface area contributed by atoms with Crippen LogP contribution in [0.15, 0.2) is 29.1 Å². The fourth-order valence-electron chi connectivity index (χ4n) is 4.41. The number of aromatic nitrogens is 2. The van der Waals surface area contributed by atoms with Crippen LogP contribution in [0.25, 0.3) is 11.0 Å². The lowest BCUT2D eigenvalue weighted by Gasteiger charge is -2.35.